The number of hydrogen-bond acceptors (Lipinski definition) is 4. The average molecular weight is 380 g/mol. The van der Waals surface area contributed by atoms with Crippen LogP contribution in [0.25, 0.3) is 0 Å². The minimum atomic E-state index is 0.150. The molecule has 4 rings (SSSR count). The summed E-state index contributed by atoms with van der Waals surface area (Å²) in [7, 11) is 1.66. The Morgan fingerprint density at radius 1 is 1.07 bits per heavy atom. The van der Waals surface area contributed by atoms with Gasteiger partial charge in [0.1, 0.15) is 5.75 Å². The maximum absolute atomic E-state index is 13.0. The highest BCUT2D eigenvalue weighted by Gasteiger charge is 2.36. The van der Waals surface area contributed by atoms with Crippen LogP contribution in [0, 0.1) is 0 Å². The van der Waals surface area contributed by atoms with Crippen molar-refractivity contribution in [1.82, 2.24) is 9.80 Å². The van der Waals surface area contributed by atoms with Crippen LogP contribution in [0.5, 0.6) is 5.75 Å². The molecule has 0 bridgehead atoms. The third-order valence-electron chi connectivity index (χ3n) is 5.89. The number of carbonyl (C=O) groups is 1. The van der Waals surface area contributed by atoms with Gasteiger partial charge in [-0.1, -0.05) is 36.4 Å². The van der Waals surface area contributed by atoms with Crippen molar-refractivity contribution < 1.29 is 9.53 Å². The lowest BCUT2D eigenvalue weighted by Gasteiger charge is -2.42. The van der Waals surface area contributed by atoms with Gasteiger partial charge in [0, 0.05) is 50.0 Å². The minimum Gasteiger partial charge on any atom is -0.497 e. The number of carbonyl (C=O) groups excluding carboxylic acids is 1. The van der Waals surface area contributed by atoms with Gasteiger partial charge >= 0.3 is 0 Å². The van der Waals surface area contributed by atoms with Crippen LogP contribution in [-0.2, 0) is 11.3 Å². The average Bonchev–Trinajstić information content (AvgIpc) is 3.17. The molecule has 2 aromatic rings. The van der Waals surface area contributed by atoms with Crippen molar-refractivity contribution in [3.8, 4) is 5.75 Å². The van der Waals surface area contributed by atoms with E-state index in [0.717, 1.165) is 44.0 Å². The fourth-order valence-corrected chi connectivity index (χ4v) is 4.51. The smallest absolute Gasteiger partial charge is 0.241 e. The topological polar surface area (TPSA) is 36.0 Å². The molecule has 0 spiro atoms. The predicted octanol–water partition coefficient (Wildman–Crippen LogP) is 3.01. The quantitative estimate of drug-likeness (QED) is 0.800. The number of anilines is 1. The molecule has 1 amide bonds. The first kappa shape index (κ1) is 19.0. The molecule has 0 aromatic heterocycles. The molecule has 0 saturated carbocycles. The Labute approximate surface area is 167 Å². The number of rotatable bonds is 5. The van der Waals surface area contributed by atoms with Gasteiger partial charge < -0.3 is 9.64 Å². The highest BCUT2D eigenvalue weighted by atomic mass is 16.5. The summed E-state index contributed by atoms with van der Waals surface area (Å²) < 4.78 is 5.33. The van der Waals surface area contributed by atoms with Crippen LogP contribution in [0.1, 0.15) is 18.9 Å². The van der Waals surface area contributed by atoms with Crippen molar-refractivity contribution >= 4 is 11.6 Å². The van der Waals surface area contributed by atoms with Crippen molar-refractivity contribution in [2.24, 2.45) is 0 Å². The van der Waals surface area contributed by atoms with Crippen molar-refractivity contribution in [1.29, 1.82) is 0 Å². The molecular weight excluding hydrogens is 350 g/mol. The Morgan fingerprint density at radius 2 is 1.89 bits per heavy atom. The Kier molecular flexibility index (Phi) is 5.64. The molecule has 0 aliphatic carbocycles. The van der Waals surface area contributed by atoms with Gasteiger partial charge in [0.2, 0.25) is 5.91 Å². The molecule has 2 saturated heterocycles. The van der Waals surface area contributed by atoms with Gasteiger partial charge in [-0.2, -0.15) is 0 Å². The minimum absolute atomic E-state index is 0.150. The first-order valence-electron chi connectivity index (χ1n) is 10.1. The van der Waals surface area contributed by atoms with Gasteiger partial charge in [-0.15, -0.1) is 0 Å². The summed E-state index contributed by atoms with van der Waals surface area (Å²) in [5.41, 5.74) is 2.28. The molecule has 2 heterocycles. The summed E-state index contributed by atoms with van der Waals surface area (Å²) in [5, 5.41) is 0. The summed E-state index contributed by atoms with van der Waals surface area (Å²) in [6.07, 6.45) is 1.13. The van der Waals surface area contributed by atoms with Crippen LogP contribution in [0.15, 0.2) is 54.6 Å². The van der Waals surface area contributed by atoms with Crippen molar-refractivity contribution in [2.75, 3.05) is 38.2 Å². The van der Waals surface area contributed by atoms with E-state index in [1.807, 2.05) is 29.2 Å². The normalized spacial score (nSPS) is 23.9. The largest absolute Gasteiger partial charge is 0.497 e. The lowest BCUT2D eigenvalue weighted by molar-refractivity contribution is -0.122. The molecule has 148 valence electrons. The lowest BCUT2D eigenvalue weighted by Crippen LogP contribution is -2.58. The second-order valence-electron chi connectivity index (χ2n) is 7.91. The second-order valence-corrected chi connectivity index (χ2v) is 7.91. The maximum atomic E-state index is 13.0. The zero-order valence-electron chi connectivity index (χ0n) is 16.8. The molecule has 0 N–H and O–H groups in total. The van der Waals surface area contributed by atoms with Gasteiger partial charge in [0.05, 0.1) is 13.7 Å². The summed E-state index contributed by atoms with van der Waals surface area (Å²) in [4.78, 5) is 19.8. The van der Waals surface area contributed by atoms with E-state index in [-0.39, 0.29) is 11.9 Å². The Balaban J connectivity index is 1.38. The van der Waals surface area contributed by atoms with E-state index in [0.29, 0.717) is 12.6 Å². The van der Waals surface area contributed by atoms with Crippen LogP contribution in [0.4, 0.5) is 5.69 Å². The molecule has 5 nitrogen and oxygen atoms in total. The molecular formula is C23H29N3O2. The second kappa shape index (κ2) is 8.33. The first-order valence-corrected chi connectivity index (χ1v) is 10.1. The summed E-state index contributed by atoms with van der Waals surface area (Å²) in [5.74, 6) is 0.959. The fourth-order valence-electron chi connectivity index (χ4n) is 4.51. The molecule has 2 fully saturated rings. The van der Waals surface area contributed by atoms with E-state index >= 15 is 0 Å². The number of hydrogen-bond donors (Lipinski definition) is 0. The lowest BCUT2D eigenvalue weighted by atomic mass is 10.1. The zero-order valence-corrected chi connectivity index (χ0v) is 16.8. The van der Waals surface area contributed by atoms with Crippen molar-refractivity contribution in [3.05, 3.63) is 60.2 Å². The van der Waals surface area contributed by atoms with E-state index in [2.05, 4.69) is 47.1 Å². The monoisotopic (exact) mass is 379 g/mol. The Bertz CT molecular complexity index is 811. The number of benzene rings is 2. The van der Waals surface area contributed by atoms with Crippen LogP contribution in [-0.4, -0.2) is 61.1 Å². The molecule has 2 aliphatic heterocycles. The summed E-state index contributed by atoms with van der Waals surface area (Å²) >= 11 is 0. The van der Waals surface area contributed by atoms with E-state index < -0.39 is 0 Å². The molecule has 5 heteroatoms. The van der Waals surface area contributed by atoms with Gasteiger partial charge in [0.25, 0.3) is 0 Å². The van der Waals surface area contributed by atoms with Crippen molar-refractivity contribution in [2.45, 2.75) is 32.0 Å². The third kappa shape index (κ3) is 4.05. The highest BCUT2D eigenvalue weighted by molar-refractivity contribution is 5.96. The molecule has 0 unspecified atom stereocenters. The van der Waals surface area contributed by atoms with Crippen LogP contribution < -0.4 is 9.64 Å². The van der Waals surface area contributed by atoms with E-state index in [9.17, 15) is 4.79 Å². The fraction of sp³-hybridized carbons (Fsp3) is 0.435. The molecule has 28 heavy (non-hydrogen) atoms. The van der Waals surface area contributed by atoms with Crippen molar-refractivity contribution in [3.63, 3.8) is 0 Å². The van der Waals surface area contributed by atoms with Crippen LogP contribution in [0.2, 0.25) is 0 Å². The molecule has 2 aromatic carbocycles. The van der Waals surface area contributed by atoms with E-state index in [4.69, 9.17) is 4.74 Å². The van der Waals surface area contributed by atoms with Gasteiger partial charge in [-0.3, -0.25) is 14.6 Å². The number of amides is 1. The SMILES string of the molecule is COc1cccc(N2C(=O)CN([C@@H]3CCN(Cc4ccccc4)C3)C[C@H]2C)c1. The van der Waals surface area contributed by atoms with E-state index in [1.165, 1.54) is 5.56 Å². The highest BCUT2D eigenvalue weighted by Crippen LogP contribution is 2.27. The zero-order chi connectivity index (χ0) is 19.5. The third-order valence-corrected chi connectivity index (χ3v) is 5.89. The Morgan fingerprint density at radius 3 is 2.64 bits per heavy atom. The van der Waals surface area contributed by atoms with E-state index in [1.54, 1.807) is 7.11 Å². The number of nitrogens with zero attached hydrogens (tertiary/aromatic N) is 3. The summed E-state index contributed by atoms with van der Waals surface area (Å²) in [6.45, 7) is 6.66. The molecule has 0 radical (unpaired) electrons. The summed E-state index contributed by atoms with van der Waals surface area (Å²) in [6, 6.07) is 19.0. The van der Waals surface area contributed by atoms with Crippen LogP contribution >= 0.6 is 0 Å². The maximum Gasteiger partial charge on any atom is 0.241 e. The number of methoxy groups -OCH3 is 1. The molecule has 2 aliphatic rings. The number of likely N-dealkylation sites (tertiary alicyclic amines) is 1. The number of piperazine rings is 1. The molecule has 2 atom stereocenters. The predicted molar refractivity (Wildman–Crippen MR) is 112 cm³/mol. The Hall–Kier alpha value is -2.37. The first-order chi connectivity index (χ1) is 13.6. The van der Waals surface area contributed by atoms with Gasteiger partial charge in [-0.25, -0.2) is 0 Å². The van der Waals surface area contributed by atoms with Gasteiger partial charge in [0.15, 0.2) is 0 Å². The van der Waals surface area contributed by atoms with Crippen LogP contribution in [0.3, 0.4) is 0 Å². The number of ether oxygens (including phenoxy) is 1. The standard InChI is InChI=1S/C23H29N3O2/c1-18-14-25(17-23(27)26(18)20-9-6-10-22(13-20)28-2)21-11-12-24(16-21)15-19-7-4-3-5-8-19/h3-10,13,18,21H,11-12,14-17H2,1-2H3/t18-,21-/m1/s1. The van der Waals surface area contributed by atoms with Gasteiger partial charge in [-0.05, 0) is 31.0 Å².